The maximum atomic E-state index is 11.2. The lowest BCUT2D eigenvalue weighted by Gasteiger charge is -2.30. The van der Waals surface area contributed by atoms with Crippen molar-refractivity contribution in [2.75, 3.05) is 25.1 Å². The Bertz CT molecular complexity index is 718. The van der Waals surface area contributed by atoms with Crippen LogP contribution in [0.3, 0.4) is 0 Å². The third kappa shape index (κ3) is 3.02. The number of methoxy groups -OCH3 is 1. The van der Waals surface area contributed by atoms with E-state index in [-0.39, 0.29) is 5.69 Å². The van der Waals surface area contributed by atoms with Crippen molar-refractivity contribution in [3.05, 3.63) is 30.0 Å². The van der Waals surface area contributed by atoms with Gasteiger partial charge in [-0.1, -0.05) is 0 Å². The van der Waals surface area contributed by atoms with E-state index in [4.69, 9.17) is 4.74 Å². The number of piperidine rings is 1. The topological polar surface area (TPSA) is 67.6 Å². The zero-order valence-electron chi connectivity index (χ0n) is 13.5. The van der Waals surface area contributed by atoms with Crippen LogP contribution < -0.4 is 9.64 Å². The van der Waals surface area contributed by atoms with Crippen LogP contribution in [0.15, 0.2) is 24.3 Å². The van der Waals surface area contributed by atoms with Gasteiger partial charge in [0.1, 0.15) is 5.75 Å². The van der Waals surface area contributed by atoms with Crippen LogP contribution in [0.1, 0.15) is 29.8 Å². The summed E-state index contributed by atoms with van der Waals surface area (Å²) >= 11 is 0. The third-order valence-corrected chi connectivity index (χ3v) is 4.28. The molecule has 1 aliphatic rings. The van der Waals surface area contributed by atoms with Gasteiger partial charge in [-0.3, -0.25) is 4.68 Å². The first-order valence-electron chi connectivity index (χ1n) is 7.81. The predicted octanol–water partition coefficient (Wildman–Crippen LogP) is 2.78. The fraction of sp³-hybridized carbons (Fsp3) is 0.412. The van der Waals surface area contributed by atoms with Crippen LogP contribution >= 0.6 is 0 Å². The van der Waals surface area contributed by atoms with Gasteiger partial charge in [0.2, 0.25) is 0 Å². The Morgan fingerprint density at radius 1 is 1.22 bits per heavy atom. The molecule has 2 heterocycles. The highest BCUT2D eigenvalue weighted by atomic mass is 16.5. The van der Waals surface area contributed by atoms with Gasteiger partial charge in [-0.15, -0.1) is 0 Å². The smallest absolute Gasteiger partial charge is 0.356 e. The van der Waals surface area contributed by atoms with Crippen LogP contribution in [-0.4, -0.2) is 41.1 Å². The average Bonchev–Trinajstić information content (AvgIpc) is 2.97. The second kappa shape index (κ2) is 6.32. The van der Waals surface area contributed by atoms with Gasteiger partial charge in [0.05, 0.1) is 12.8 Å². The molecule has 0 aliphatic carbocycles. The van der Waals surface area contributed by atoms with Crippen LogP contribution in [0.2, 0.25) is 0 Å². The summed E-state index contributed by atoms with van der Waals surface area (Å²) in [5.74, 6) is -0.270. The monoisotopic (exact) mass is 315 g/mol. The number of rotatable bonds is 4. The zero-order valence-corrected chi connectivity index (χ0v) is 13.5. The molecule has 0 bridgehead atoms. The largest absolute Gasteiger partial charge is 0.497 e. The SMILES string of the molecule is COc1ccc(N2CCCCC2)c(-c2cc(C(=O)O)nn2C)c1. The summed E-state index contributed by atoms with van der Waals surface area (Å²) < 4.78 is 6.97. The number of carboxylic acids is 1. The zero-order chi connectivity index (χ0) is 16.4. The molecule has 0 amide bonds. The Labute approximate surface area is 135 Å². The standard InChI is InChI=1S/C17H21N3O3/c1-19-16(11-14(18-19)17(21)22)13-10-12(23-2)6-7-15(13)20-8-4-3-5-9-20/h6-7,10-11H,3-5,8-9H2,1-2H3,(H,21,22). The minimum absolute atomic E-state index is 0.0508. The highest BCUT2D eigenvalue weighted by Crippen LogP contribution is 2.35. The molecule has 3 rings (SSSR count). The number of anilines is 1. The first-order valence-corrected chi connectivity index (χ1v) is 7.81. The Kier molecular flexibility index (Phi) is 4.23. The Hall–Kier alpha value is -2.50. The van der Waals surface area contributed by atoms with Crippen molar-refractivity contribution >= 4 is 11.7 Å². The minimum Gasteiger partial charge on any atom is -0.497 e. The van der Waals surface area contributed by atoms with E-state index in [0.29, 0.717) is 0 Å². The molecule has 6 nitrogen and oxygen atoms in total. The van der Waals surface area contributed by atoms with Crippen LogP contribution in [0.5, 0.6) is 5.75 Å². The Morgan fingerprint density at radius 3 is 2.57 bits per heavy atom. The number of hydrogen-bond acceptors (Lipinski definition) is 4. The van der Waals surface area contributed by atoms with Crippen LogP contribution in [-0.2, 0) is 7.05 Å². The van der Waals surface area contributed by atoms with E-state index >= 15 is 0 Å². The summed E-state index contributed by atoms with van der Waals surface area (Å²) in [4.78, 5) is 13.5. The molecule has 1 aromatic heterocycles. The predicted molar refractivity (Wildman–Crippen MR) is 88.2 cm³/mol. The molecule has 0 radical (unpaired) electrons. The van der Waals surface area contributed by atoms with Gasteiger partial charge in [0.25, 0.3) is 0 Å². The quantitative estimate of drug-likeness (QED) is 0.939. The summed E-state index contributed by atoms with van der Waals surface area (Å²) in [6.45, 7) is 2.03. The average molecular weight is 315 g/mol. The van der Waals surface area contributed by atoms with Crippen molar-refractivity contribution in [1.29, 1.82) is 0 Å². The molecule has 2 aromatic rings. The number of ether oxygens (including phenoxy) is 1. The molecule has 122 valence electrons. The van der Waals surface area contributed by atoms with Crippen molar-refractivity contribution in [3.63, 3.8) is 0 Å². The molecule has 1 N–H and O–H groups in total. The van der Waals surface area contributed by atoms with Crippen molar-refractivity contribution in [2.45, 2.75) is 19.3 Å². The van der Waals surface area contributed by atoms with E-state index in [1.54, 1.807) is 24.9 Å². The van der Waals surface area contributed by atoms with E-state index in [1.165, 1.54) is 19.3 Å². The molecule has 0 saturated carbocycles. The number of hydrogen-bond donors (Lipinski definition) is 1. The first kappa shape index (κ1) is 15.4. The Balaban J connectivity index is 2.10. The molecule has 1 aliphatic heterocycles. The normalized spacial score (nSPS) is 14.8. The highest BCUT2D eigenvalue weighted by Gasteiger charge is 2.20. The van der Waals surface area contributed by atoms with Gasteiger partial charge in [0, 0.05) is 31.4 Å². The van der Waals surface area contributed by atoms with Gasteiger partial charge in [-0.25, -0.2) is 4.79 Å². The highest BCUT2D eigenvalue weighted by molar-refractivity contribution is 5.88. The van der Waals surface area contributed by atoms with Gasteiger partial charge in [-0.05, 0) is 43.5 Å². The second-order valence-corrected chi connectivity index (χ2v) is 5.77. The molecule has 23 heavy (non-hydrogen) atoms. The molecule has 6 heteroatoms. The fourth-order valence-corrected chi connectivity index (χ4v) is 3.08. The fourth-order valence-electron chi connectivity index (χ4n) is 3.08. The van der Waals surface area contributed by atoms with E-state index in [9.17, 15) is 9.90 Å². The summed E-state index contributed by atoms with van der Waals surface area (Å²) in [5, 5.41) is 13.3. The molecule has 1 aromatic carbocycles. The molecular formula is C17H21N3O3. The van der Waals surface area contributed by atoms with Crippen molar-refractivity contribution < 1.29 is 14.6 Å². The summed E-state index contributed by atoms with van der Waals surface area (Å²) in [6, 6.07) is 7.56. The molecule has 1 fully saturated rings. The number of carbonyl (C=O) groups is 1. The van der Waals surface area contributed by atoms with E-state index in [2.05, 4.69) is 10.00 Å². The Morgan fingerprint density at radius 2 is 1.96 bits per heavy atom. The van der Waals surface area contributed by atoms with Crippen LogP contribution in [0.4, 0.5) is 5.69 Å². The third-order valence-electron chi connectivity index (χ3n) is 4.28. The van der Waals surface area contributed by atoms with Gasteiger partial charge in [0.15, 0.2) is 5.69 Å². The van der Waals surface area contributed by atoms with Gasteiger partial charge >= 0.3 is 5.97 Å². The van der Waals surface area contributed by atoms with Gasteiger partial charge in [-0.2, -0.15) is 5.10 Å². The first-order chi connectivity index (χ1) is 11.1. The van der Waals surface area contributed by atoms with Crippen molar-refractivity contribution in [2.24, 2.45) is 7.05 Å². The maximum absolute atomic E-state index is 11.2. The number of aromatic carboxylic acids is 1. The molecule has 0 unspecified atom stereocenters. The van der Waals surface area contributed by atoms with E-state index in [1.807, 2.05) is 18.2 Å². The van der Waals surface area contributed by atoms with Crippen LogP contribution in [0, 0.1) is 0 Å². The number of nitrogens with zero attached hydrogens (tertiary/aromatic N) is 3. The number of aryl methyl sites for hydroxylation is 1. The summed E-state index contributed by atoms with van der Waals surface area (Å²) in [5.41, 5.74) is 2.89. The van der Waals surface area contributed by atoms with Crippen molar-refractivity contribution in [1.82, 2.24) is 9.78 Å². The second-order valence-electron chi connectivity index (χ2n) is 5.77. The minimum atomic E-state index is -1.02. The lowest BCUT2D eigenvalue weighted by molar-refractivity contribution is 0.0689. The molecule has 0 spiro atoms. The number of benzene rings is 1. The lowest BCUT2D eigenvalue weighted by atomic mass is 10.0. The molecule has 1 saturated heterocycles. The summed E-state index contributed by atoms with van der Waals surface area (Å²) in [7, 11) is 3.40. The maximum Gasteiger partial charge on any atom is 0.356 e. The van der Waals surface area contributed by atoms with Crippen LogP contribution in [0.25, 0.3) is 11.3 Å². The molecule has 0 atom stereocenters. The van der Waals surface area contributed by atoms with E-state index < -0.39 is 5.97 Å². The van der Waals surface area contributed by atoms with Gasteiger partial charge < -0.3 is 14.7 Å². The summed E-state index contributed by atoms with van der Waals surface area (Å²) in [6.07, 6.45) is 3.62. The van der Waals surface area contributed by atoms with Crippen molar-refractivity contribution in [3.8, 4) is 17.0 Å². The number of aromatic nitrogens is 2. The number of carboxylic acid groups (broad SMARTS) is 1. The molecular weight excluding hydrogens is 294 g/mol. The lowest BCUT2D eigenvalue weighted by Crippen LogP contribution is -2.29. The van der Waals surface area contributed by atoms with E-state index in [0.717, 1.165) is 35.8 Å².